The summed E-state index contributed by atoms with van der Waals surface area (Å²) in [6.07, 6.45) is 8.39. The average molecular weight is 253 g/mol. The van der Waals surface area contributed by atoms with Crippen LogP contribution in [-0.4, -0.2) is 24.8 Å². The summed E-state index contributed by atoms with van der Waals surface area (Å²) in [4.78, 5) is 0. The second-order valence-electron chi connectivity index (χ2n) is 6.12. The molecule has 0 saturated carbocycles. The van der Waals surface area contributed by atoms with Gasteiger partial charge in [-0.1, -0.05) is 31.9 Å². The number of nitrogens with one attached hydrogen (secondary N) is 1. The van der Waals surface area contributed by atoms with Crippen LogP contribution >= 0.6 is 0 Å². The predicted molar refractivity (Wildman–Crippen MR) is 78.6 cm³/mol. The lowest BCUT2D eigenvalue weighted by atomic mass is 9.83. The van der Waals surface area contributed by atoms with Crippen molar-refractivity contribution < 1.29 is 5.11 Å². The fourth-order valence-electron chi connectivity index (χ4n) is 3.27. The lowest BCUT2D eigenvalue weighted by molar-refractivity contribution is 0.245. The van der Waals surface area contributed by atoms with Crippen molar-refractivity contribution in [3.8, 4) is 0 Å². The maximum Gasteiger partial charge on any atom is 0.0434 e. The molecule has 1 aliphatic carbocycles. The van der Waals surface area contributed by atoms with Gasteiger partial charge in [-0.2, -0.15) is 0 Å². The van der Waals surface area contributed by atoms with Gasteiger partial charge in [-0.15, -0.1) is 0 Å². The Morgan fingerprint density at radius 1 is 1.44 bits per heavy atom. The molecule has 0 heterocycles. The summed E-state index contributed by atoms with van der Waals surface area (Å²) < 4.78 is 0. The molecule has 0 aliphatic heterocycles. The highest BCUT2D eigenvalue weighted by molar-refractivity contribution is 5.06. The minimum Gasteiger partial charge on any atom is -0.396 e. The van der Waals surface area contributed by atoms with Gasteiger partial charge < -0.3 is 10.4 Å². The van der Waals surface area contributed by atoms with Gasteiger partial charge in [0, 0.05) is 6.61 Å². The summed E-state index contributed by atoms with van der Waals surface area (Å²) in [6, 6.07) is 0. The van der Waals surface area contributed by atoms with Gasteiger partial charge in [-0.05, 0) is 63.5 Å². The smallest absolute Gasteiger partial charge is 0.0434 e. The number of rotatable bonds is 8. The molecule has 2 heteroatoms. The minimum absolute atomic E-state index is 0.328. The molecule has 3 unspecified atom stereocenters. The Bertz CT molecular complexity index is 243. The van der Waals surface area contributed by atoms with E-state index in [1.807, 2.05) is 0 Å². The number of aliphatic hydroxyl groups is 1. The number of hydrogen-bond donors (Lipinski definition) is 2. The first kappa shape index (κ1) is 15.7. The van der Waals surface area contributed by atoms with E-state index >= 15 is 0 Å². The number of allylic oxidation sites excluding steroid dienone is 2. The van der Waals surface area contributed by atoms with E-state index in [9.17, 15) is 0 Å². The van der Waals surface area contributed by atoms with Crippen LogP contribution in [0, 0.1) is 17.8 Å². The van der Waals surface area contributed by atoms with Crippen molar-refractivity contribution in [1.29, 1.82) is 0 Å². The van der Waals surface area contributed by atoms with Crippen LogP contribution in [0.15, 0.2) is 11.6 Å². The van der Waals surface area contributed by atoms with Crippen molar-refractivity contribution in [2.45, 2.75) is 52.9 Å². The van der Waals surface area contributed by atoms with E-state index in [4.69, 9.17) is 5.11 Å². The van der Waals surface area contributed by atoms with Crippen molar-refractivity contribution in [3.63, 3.8) is 0 Å². The quantitative estimate of drug-likeness (QED) is 0.650. The Hall–Kier alpha value is -0.340. The Kier molecular flexibility index (Phi) is 7.60. The zero-order valence-electron chi connectivity index (χ0n) is 12.4. The van der Waals surface area contributed by atoms with E-state index in [2.05, 4.69) is 32.2 Å². The zero-order valence-corrected chi connectivity index (χ0v) is 12.4. The SMILES string of the molecule is CCCC(CCO)CNCC1CC(C)=CC(C)C1. The van der Waals surface area contributed by atoms with Gasteiger partial charge >= 0.3 is 0 Å². The first-order valence-electron chi connectivity index (χ1n) is 7.64. The van der Waals surface area contributed by atoms with Crippen LogP contribution in [0.5, 0.6) is 0 Å². The molecule has 0 fully saturated rings. The van der Waals surface area contributed by atoms with Crippen molar-refractivity contribution in [2.24, 2.45) is 17.8 Å². The fourth-order valence-corrected chi connectivity index (χ4v) is 3.27. The van der Waals surface area contributed by atoms with Gasteiger partial charge in [-0.25, -0.2) is 0 Å². The standard InChI is InChI=1S/C16H31NO/c1-4-5-15(6-7-18)11-17-12-16-9-13(2)8-14(3)10-16/h8,13,15-18H,4-7,9-12H2,1-3H3. The van der Waals surface area contributed by atoms with Crippen LogP contribution < -0.4 is 5.32 Å². The Morgan fingerprint density at radius 2 is 2.22 bits per heavy atom. The van der Waals surface area contributed by atoms with Crippen molar-refractivity contribution >= 4 is 0 Å². The first-order chi connectivity index (χ1) is 8.65. The van der Waals surface area contributed by atoms with E-state index in [1.54, 1.807) is 5.57 Å². The summed E-state index contributed by atoms with van der Waals surface area (Å²) in [5, 5.41) is 12.7. The molecule has 0 aromatic carbocycles. The topological polar surface area (TPSA) is 32.3 Å². The van der Waals surface area contributed by atoms with Gasteiger partial charge in [0.1, 0.15) is 0 Å². The van der Waals surface area contributed by atoms with E-state index in [0.717, 1.165) is 31.3 Å². The second kappa shape index (κ2) is 8.71. The van der Waals surface area contributed by atoms with E-state index in [0.29, 0.717) is 12.5 Å². The average Bonchev–Trinajstić information content (AvgIpc) is 2.28. The molecule has 18 heavy (non-hydrogen) atoms. The Labute approximate surface area is 113 Å². The molecule has 0 bridgehead atoms. The summed E-state index contributed by atoms with van der Waals surface area (Å²) in [7, 11) is 0. The molecule has 0 radical (unpaired) electrons. The van der Waals surface area contributed by atoms with Gasteiger partial charge in [0.15, 0.2) is 0 Å². The van der Waals surface area contributed by atoms with Gasteiger partial charge in [0.2, 0.25) is 0 Å². The molecule has 3 atom stereocenters. The highest BCUT2D eigenvalue weighted by atomic mass is 16.3. The van der Waals surface area contributed by atoms with Crippen LogP contribution in [0.4, 0.5) is 0 Å². The zero-order chi connectivity index (χ0) is 13.4. The molecule has 0 aromatic rings. The van der Waals surface area contributed by atoms with E-state index < -0.39 is 0 Å². The summed E-state index contributed by atoms with van der Waals surface area (Å²) >= 11 is 0. The molecule has 1 rings (SSSR count). The normalized spacial score (nSPS) is 25.9. The molecule has 2 N–H and O–H groups in total. The number of hydrogen-bond acceptors (Lipinski definition) is 2. The Morgan fingerprint density at radius 3 is 2.83 bits per heavy atom. The van der Waals surface area contributed by atoms with Crippen molar-refractivity contribution in [3.05, 3.63) is 11.6 Å². The van der Waals surface area contributed by atoms with Crippen LogP contribution in [-0.2, 0) is 0 Å². The Balaban J connectivity index is 2.22. The van der Waals surface area contributed by atoms with Crippen LogP contribution in [0.3, 0.4) is 0 Å². The highest BCUT2D eigenvalue weighted by Crippen LogP contribution is 2.27. The van der Waals surface area contributed by atoms with Crippen LogP contribution in [0.1, 0.15) is 52.9 Å². The largest absolute Gasteiger partial charge is 0.396 e. The third-order valence-electron chi connectivity index (χ3n) is 3.99. The van der Waals surface area contributed by atoms with Gasteiger partial charge in [0.05, 0.1) is 0 Å². The maximum atomic E-state index is 9.05. The third kappa shape index (κ3) is 6.01. The van der Waals surface area contributed by atoms with Gasteiger partial charge in [0.25, 0.3) is 0 Å². The van der Waals surface area contributed by atoms with E-state index in [1.165, 1.54) is 25.7 Å². The van der Waals surface area contributed by atoms with Gasteiger partial charge in [-0.3, -0.25) is 0 Å². The van der Waals surface area contributed by atoms with Crippen LogP contribution in [0.25, 0.3) is 0 Å². The van der Waals surface area contributed by atoms with E-state index in [-0.39, 0.29) is 0 Å². The molecule has 0 aromatic heterocycles. The lowest BCUT2D eigenvalue weighted by Gasteiger charge is -2.26. The third-order valence-corrected chi connectivity index (χ3v) is 3.99. The van der Waals surface area contributed by atoms with Crippen LogP contribution in [0.2, 0.25) is 0 Å². The predicted octanol–water partition coefficient (Wildman–Crippen LogP) is 3.37. The number of aliphatic hydroxyl groups excluding tert-OH is 1. The van der Waals surface area contributed by atoms with Crippen molar-refractivity contribution in [1.82, 2.24) is 5.32 Å². The molecule has 106 valence electrons. The summed E-state index contributed by atoms with van der Waals surface area (Å²) in [5.41, 5.74) is 1.56. The molecule has 0 amide bonds. The molecular formula is C16H31NO. The summed E-state index contributed by atoms with van der Waals surface area (Å²) in [5.74, 6) is 2.20. The fraction of sp³-hybridized carbons (Fsp3) is 0.875. The molecule has 1 aliphatic rings. The highest BCUT2D eigenvalue weighted by Gasteiger charge is 2.18. The maximum absolute atomic E-state index is 9.05. The summed E-state index contributed by atoms with van der Waals surface area (Å²) in [6.45, 7) is 9.34. The first-order valence-corrected chi connectivity index (χ1v) is 7.64. The van der Waals surface area contributed by atoms with Crippen molar-refractivity contribution in [2.75, 3.05) is 19.7 Å². The second-order valence-corrected chi connectivity index (χ2v) is 6.12. The lowest BCUT2D eigenvalue weighted by Crippen LogP contribution is -2.30. The molecule has 0 spiro atoms. The minimum atomic E-state index is 0.328. The molecular weight excluding hydrogens is 222 g/mol. The molecule has 0 saturated heterocycles. The monoisotopic (exact) mass is 253 g/mol. The molecule has 2 nitrogen and oxygen atoms in total.